The lowest BCUT2D eigenvalue weighted by atomic mass is 10.1. The maximum Gasteiger partial charge on any atom is 0.243 e. The van der Waals surface area contributed by atoms with Crippen molar-refractivity contribution >= 4 is 35.7 Å². The molecule has 4 aromatic carbocycles. The molecule has 0 aliphatic rings. The van der Waals surface area contributed by atoms with Crippen molar-refractivity contribution in [3.63, 3.8) is 0 Å². The molecule has 390 valence electrons. The van der Waals surface area contributed by atoms with Crippen molar-refractivity contribution in [3.8, 4) is 0 Å². The second-order valence-corrected chi connectivity index (χ2v) is 29.2. The van der Waals surface area contributed by atoms with Gasteiger partial charge in [-0.05, 0) is 126 Å². The number of aryl methyl sites for hydroxylation is 4. The van der Waals surface area contributed by atoms with Crippen LogP contribution >= 0.6 is 14.5 Å². The lowest BCUT2D eigenvalue weighted by Crippen LogP contribution is -2.30. The van der Waals surface area contributed by atoms with Gasteiger partial charge in [0.25, 0.3) is 0 Å². The number of nitrogens with zero attached hydrogens (tertiary/aromatic N) is 4. The summed E-state index contributed by atoms with van der Waals surface area (Å²) in [6.45, 7) is 9.17. The largest absolute Gasteiger partial charge is 0.243 e. The van der Waals surface area contributed by atoms with E-state index < -0.39 is 14.5 Å². The Morgan fingerprint density at radius 3 is 0.833 bits per heavy atom. The van der Waals surface area contributed by atoms with Gasteiger partial charge in [-0.15, -0.1) is 0 Å². The zero-order valence-corrected chi connectivity index (χ0v) is 47.5. The minimum atomic E-state index is -1.59. The topological polar surface area (TPSA) is 17.6 Å². The molecule has 0 radical (unpaired) electrons. The van der Waals surface area contributed by atoms with Gasteiger partial charge in [0.15, 0.2) is 0 Å². The van der Waals surface area contributed by atoms with Crippen LogP contribution in [0.3, 0.4) is 0 Å². The Morgan fingerprint density at radius 2 is 0.556 bits per heavy atom. The monoisotopic (exact) mass is 1010 g/mol. The average molecular weight is 1010 g/mol. The van der Waals surface area contributed by atoms with Gasteiger partial charge >= 0.3 is 0 Å². The molecule has 2 aromatic heterocycles. The lowest BCUT2D eigenvalue weighted by Gasteiger charge is -2.30. The third-order valence-electron chi connectivity index (χ3n) is 15.8. The normalized spacial score (nSPS) is 12.0. The molecule has 0 saturated carbocycles. The van der Waals surface area contributed by atoms with Crippen molar-refractivity contribution in [2.75, 3.05) is 24.6 Å². The van der Waals surface area contributed by atoms with E-state index in [0.29, 0.717) is 0 Å². The van der Waals surface area contributed by atoms with Crippen LogP contribution in [-0.4, -0.2) is 33.8 Å². The first-order chi connectivity index (χ1) is 35.6. The standard InChI is InChI=1S/C66H100N4P2/c1-3-5-49-67-53-55-69(61-67)51-35-19-15-11-7-9-13-17-21-37-57-71(63-41-27-23-28-42-63,64-43-29-24-30-44-64)59-39-40-60-72(65-45-31-25-32-46-65,66-47-33-26-34-48-66)58-38-22-18-14-10-8-12-16-20-36-52-70-56-54-68(62-70)50-6-4-2/h23-34,41-48,53-56,61-62H,3-22,35-40,49-52,57-60H2,1-2H3/q+4. The highest BCUT2D eigenvalue weighted by Crippen LogP contribution is 2.60. The molecule has 0 saturated heterocycles. The number of unbranched alkanes of at least 4 members (excludes halogenated alkanes) is 21. The van der Waals surface area contributed by atoms with Crippen molar-refractivity contribution in [1.82, 2.24) is 9.13 Å². The summed E-state index contributed by atoms with van der Waals surface area (Å²) in [6, 6.07) is 47.3. The van der Waals surface area contributed by atoms with Crippen LogP contribution in [0, 0.1) is 0 Å². The molecule has 2 heterocycles. The summed E-state index contributed by atoms with van der Waals surface area (Å²) in [5.74, 6) is 0. The molecular formula is C66H100N4P2+4. The van der Waals surface area contributed by atoms with Gasteiger partial charge in [0, 0.05) is 0 Å². The lowest BCUT2D eigenvalue weighted by molar-refractivity contribution is -0.697. The molecule has 0 aliphatic heterocycles. The Balaban J connectivity index is 0.964. The summed E-state index contributed by atoms with van der Waals surface area (Å²) in [4.78, 5) is 0. The molecule has 6 heteroatoms. The van der Waals surface area contributed by atoms with Crippen molar-refractivity contribution in [1.29, 1.82) is 0 Å². The molecule has 0 amide bonds. The van der Waals surface area contributed by atoms with Crippen molar-refractivity contribution < 1.29 is 9.13 Å². The molecule has 72 heavy (non-hydrogen) atoms. The summed E-state index contributed by atoms with van der Waals surface area (Å²) in [6.07, 6.45) is 54.0. The minimum Gasteiger partial charge on any atom is -0.237 e. The van der Waals surface area contributed by atoms with E-state index in [2.05, 4.69) is 191 Å². The van der Waals surface area contributed by atoms with Crippen LogP contribution < -0.4 is 30.4 Å². The second kappa shape index (κ2) is 34.6. The fourth-order valence-corrected chi connectivity index (χ4v) is 20.6. The first-order valence-electron chi connectivity index (χ1n) is 29.7. The van der Waals surface area contributed by atoms with E-state index in [0.717, 1.165) is 26.2 Å². The SMILES string of the molecule is CCCCn1cc[n+](CCCCCCCCCCCC[P+](CCCC[P+](CCCCCCCCCCCC[n+]2ccn(CCCC)c2)(c2ccccc2)c2ccccc2)(c2ccccc2)c2ccccc2)c1. The maximum atomic E-state index is 2.49. The number of imidazole rings is 2. The van der Waals surface area contributed by atoms with Crippen LogP contribution in [0.4, 0.5) is 0 Å². The summed E-state index contributed by atoms with van der Waals surface area (Å²) < 4.78 is 9.46. The van der Waals surface area contributed by atoms with Crippen LogP contribution in [0.25, 0.3) is 0 Å². The molecule has 0 aliphatic carbocycles. The quantitative estimate of drug-likeness (QED) is 0.0207. The number of aromatic nitrogens is 4. The molecular weight excluding hydrogens is 911 g/mol. The van der Waals surface area contributed by atoms with E-state index >= 15 is 0 Å². The molecule has 0 fully saturated rings. The maximum absolute atomic E-state index is 2.49. The van der Waals surface area contributed by atoms with Gasteiger partial charge in [-0.2, -0.15) is 0 Å². The summed E-state index contributed by atoms with van der Waals surface area (Å²) in [5.41, 5.74) is 0. The van der Waals surface area contributed by atoms with Crippen LogP contribution in [0.1, 0.15) is 181 Å². The van der Waals surface area contributed by atoms with E-state index in [1.54, 1.807) is 21.2 Å². The second-order valence-electron chi connectivity index (χ2n) is 21.4. The van der Waals surface area contributed by atoms with Crippen LogP contribution in [-0.2, 0) is 26.2 Å². The number of benzene rings is 4. The van der Waals surface area contributed by atoms with Crippen molar-refractivity contribution in [2.24, 2.45) is 0 Å². The molecule has 0 atom stereocenters. The molecule has 0 bridgehead atoms. The number of rotatable bonds is 41. The first-order valence-corrected chi connectivity index (χ1v) is 34.0. The summed E-state index contributed by atoms with van der Waals surface area (Å²) >= 11 is 0. The third-order valence-corrected chi connectivity index (χ3v) is 25.2. The van der Waals surface area contributed by atoms with Crippen LogP contribution in [0.5, 0.6) is 0 Å². The highest BCUT2D eigenvalue weighted by Gasteiger charge is 2.44. The molecule has 6 aromatic rings. The number of hydrogen-bond donors (Lipinski definition) is 0. The van der Waals surface area contributed by atoms with Crippen molar-refractivity contribution in [2.45, 2.75) is 207 Å². The zero-order valence-electron chi connectivity index (χ0n) is 45.7. The van der Waals surface area contributed by atoms with E-state index in [9.17, 15) is 0 Å². The van der Waals surface area contributed by atoms with Gasteiger partial charge in [-0.25, -0.2) is 18.3 Å². The van der Waals surface area contributed by atoms with E-state index in [1.807, 2.05) is 0 Å². The Labute approximate surface area is 442 Å². The molecule has 0 unspecified atom stereocenters. The van der Waals surface area contributed by atoms with Gasteiger partial charge in [0.2, 0.25) is 12.7 Å². The Morgan fingerprint density at radius 1 is 0.306 bits per heavy atom. The average Bonchev–Trinajstić information content (AvgIpc) is 4.10. The Hall–Kier alpha value is -3.84. The summed E-state index contributed by atoms with van der Waals surface area (Å²) in [7, 11) is -3.17. The van der Waals surface area contributed by atoms with Gasteiger partial charge in [0.1, 0.15) is 24.8 Å². The van der Waals surface area contributed by atoms with E-state index in [4.69, 9.17) is 0 Å². The third kappa shape index (κ3) is 19.8. The molecule has 0 N–H and O–H groups in total. The predicted molar refractivity (Wildman–Crippen MR) is 318 cm³/mol. The molecule has 4 nitrogen and oxygen atoms in total. The first kappa shape index (κ1) is 57.4. The highest BCUT2D eigenvalue weighted by atomic mass is 31.2. The zero-order chi connectivity index (χ0) is 50.0. The van der Waals surface area contributed by atoms with Crippen molar-refractivity contribution in [3.05, 3.63) is 159 Å². The highest BCUT2D eigenvalue weighted by molar-refractivity contribution is 7.90. The van der Waals surface area contributed by atoms with Gasteiger partial charge in [0.05, 0.1) is 86.6 Å². The molecule has 6 rings (SSSR count). The van der Waals surface area contributed by atoms with Crippen LogP contribution in [0.15, 0.2) is 159 Å². The minimum absolute atomic E-state index is 1.15. The smallest absolute Gasteiger partial charge is 0.237 e. The van der Waals surface area contributed by atoms with Gasteiger partial charge in [-0.3, -0.25) is 0 Å². The summed E-state index contributed by atoms with van der Waals surface area (Å²) in [5, 5.41) is 6.50. The van der Waals surface area contributed by atoms with E-state index in [1.165, 1.54) is 192 Å². The van der Waals surface area contributed by atoms with Gasteiger partial charge in [-0.1, -0.05) is 177 Å². The Bertz CT molecular complexity index is 1980. The Kier molecular flexibility index (Phi) is 27.6. The predicted octanol–water partition coefficient (Wildman–Crippen LogP) is 16.1. The van der Waals surface area contributed by atoms with E-state index in [-0.39, 0.29) is 0 Å². The fraction of sp³-hybridized carbons (Fsp3) is 0.545. The fourth-order valence-electron chi connectivity index (χ4n) is 11.4. The van der Waals surface area contributed by atoms with Gasteiger partial charge < -0.3 is 0 Å². The number of hydrogen-bond acceptors (Lipinski definition) is 0. The van der Waals surface area contributed by atoms with Crippen LogP contribution in [0.2, 0.25) is 0 Å². The molecule has 0 spiro atoms.